The van der Waals surface area contributed by atoms with Crippen LogP contribution in [0.3, 0.4) is 0 Å². The second kappa shape index (κ2) is 9.33. The molecule has 0 aromatic heterocycles. The molecule has 0 radical (unpaired) electrons. The van der Waals surface area contributed by atoms with E-state index in [1.54, 1.807) is 0 Å². The van der Waals surface area contributed by atoms with Crippen LogP contribution < -0.4 is 0 Å². The van der Waals surface area contributed by atoms with E-state index in [1.807, 2.05) is 6.07 Å². The van der Waals surface area contributed by atoms with Crippen LogP contribution in [0.4, 0.5) is 0 Å². The molecule has 0 rings (SSSR count). The summed E-state index contributed by atoms with van der Waals surface area (Å²) in [5, 5.41) is 7.56. The van der Waals surface area contributed by atoms with Gasteiger partial charge >= 0.3 is 19.5 Å². The van der Waals surface area contributed by atoms with E-state index in [-0.39, 0.29) is 19.5 Å². The van der Waals surface area contributed by atoms with Gasteiger partial charge in [-0.05, 0) is 0 Å². The molecule has 0 bridgehead atoms. The Bertz CT molecular complexity index is 84.8. The van der Waals surface area contributed by atoms with Crippen molar-refractivity contribution in [2.24, 2.45) is 0 Å². The van der Waals surface area contributed by atoms with Crippen molar-refractivity contribution in [3.63, 3.8) is 0 Å². The second-order valence-corrected chi connectivity index (χ2v) is 8.09. The SMILES string of the molecule is [CH2-]CC#N.[CH2-][Si](C)(C)C.[Zn+2]. The molecule has 10 heavy (non-hydrogen) atoms. The summed E-state index contributed by atoms with van der Waals surface area (Å²) < 4.78 is 0. The van der Waals surface area contributed by atoms with Crippen LogP contribution in [0.2, 0.25) is 19.6 Å². The van der Waals surface area contributed by atoms with Crippen molar-refractivity contribution in [3.05, 3.63) is 13.5 Å². The number of rotatable bonds is 0. The Kier molecular flexibility index (Phi) is 15.6. The van der Waals surface area contributed by atoms with E-state index in [0.29, 0.717) is 6.42 Å². The molecule has 0 heterocycles. The van der Waals surface area contributed by atoms with Crippen molar-refractivity contribution in [1.29, 1.82) is 5.26 Å². The van der Waals surface area contributed by atoms with Crippen LogP contribution in [0, 0.1) is 24.8 Å². The van der Waals surface area contributed by atoms with E-state index in [9.17, 15) is 0 Å². The Morgan fingerprint density at radius 2 is 1.50 bits per heavy atom. The molecule has 0 unspecified atom stereocenters. The van der Waals surface area contributed by atoms with E-state index >= 15 is 0 Å². The van der Waals surface area contributed by atoms with Gasteiger partial charge in [0.05, 0.1) is 0 Å². The summed E-state index contributed by atoms with van der Waals surface area (Å²) in [5.41, 5.74) is 0. The number of hydrogen-bond acceptors (Lipinski definition) is 1. The molecule has 0 aliphatic rings. The summed E-state index contributed by atoms with van der Waals surface area (Å²) in [5.74, 6) is 0. The first-order valence-corrected chi connectivity index (χ1v) is 6.64. The van der Waals surface area contributed by atoms with Crippen LogP contribution in [-0.4, -0.2) is 8.07 Å². The fraction of sp³-hybridized carbons (Fsp3) is 0.571. The van der Waals surface area contributed by atoms with Gasteiger partial charge in [-0.2, -0.15) is 0 Å². The van der Waals surface area contributed by atoms with Gasteiger partial charge in [-0.25, -0.2) is 5.26 Å². The van der Waals surface area contributed by atoms with E-state index in [1.165, 1.54) is 0 Å². The molecule has 0 aliphatic carbocycles. The van der Waals surface area contributed by atoms with Crippen molar-refractivity contribution in [1.82, 2.24) is 0 Å². The van der Waals surface area contributed by atoms with Gasteiger partial charge in [0.15, 0.2) is 0 Å². The fourth-order valence-electron chi connectivity index (χ4n) is 0. The van der Waals surface area contributed by atoms with E-state index in [2.05, 4.69) is 33.1 Å². The molecule has 0 amide bonds. The summed E-state index contributed by atoms with van der Waals surface area (Å²) >= 11 is 0. The zero-order chi connectivity index (χ0) is 7.91. The summed E-state index contributed by atoms with van der Waals surface area (Å²) in [6, 6.07) is 1.82. The van der Waals surface area contributed by atoms with Crippen molar-refractivity contribution in [2.45, 2.75) is 26.1 Å². The van der Waals surface area contributed by atoms with Crippen LogP contribution >= 0.6 is 0 Å². The predicted molar refractivity (Wildman–Crippen MR) is 44.3 cm³/mol. The Labute approximate surface area is 78.6 Å². The van der Waals surface area contributed by atoms with Gasteiger partial charge in [-0.1, -0.05) is 26.1 Å². The normalized spacial score (nSPS) is 8.00. The Balaban J connectivity index is -0.0000000910. The minimum absolute atomic E-state index is 0. The third kappa shape index (κ3) is 253. The van der Waals surface area contributed by atoms with Gasteiger partial charge in [0.2, 0.25) is 0 Å². The predicted octanol–water partition coefficient (Wildman–Crippen LogP) is 2.43. The molecular formula is C7H15NSiZn. The zero-order valence-electron chi connectivity index (χ0n) is 7.28. The monoisotopic (exact) mass is 205 g/mol. The fourth-order valence-corrected chi connectivity index (χ4v) is 0. The molecule has 0 spiro atoms. The largest absolute Gasteiger partial charge is 2.00 e. The molecule has 0 aliphatic heterocycles. The quantitative estimate of drug-likeness (QED) is 0.441. The molecule has 0 atom stereocenters. The van der Waals surface area contributed by atoms with Gasteiger partial charge in [-0.15, -0.1) is 8.07 Å². The van der Waals surface area contributed by atoms with Gasteiger partial charge in [0.25, 0.3) is 0 Å². The van der Waals surface area contributed by atoms with E-state index in [0.717, 1.165) is 0 Å². The number of nitrogens with zero attached hydrogens (tertiary/aromatic N) is 1. The maximum atomic E-state index is 7.56. The Morgan fingerprint density at radius 3 is 1.50 bits per heavy atom. The molecule has 0 N–H and O–H groups in total. The Morgan fingerprint density at radius 1 is 1.40 bits per heavy atom. The van der Waals surface area contributed by atoms with Gasteiger partial charge in [0, 0.05) is 6.07 Å². The number of nitriles is 1. The summed E-state index contributed by atoms with van der Waals surface area (Å²) in [7, 11) is -0.861. The average Bonchev–Trinajstić information content (AvgIpc) is 1.61. The van der Waals surface area contributed by atoms with Crippen LogP contribution in [0.15, 0.2) is 0 Å². The summed E-state index contributed by atoms with van der Waals surface area (Å²) in [6.45, 7) is 13.8. The molecule has 3 heteroatoms. The Hall–Kier alpha value is 0.330. The topological polar surface area (TPSA) is 23.8 Å². The van der Waals surface area contributed by atoms with Crippen LogP contribution in [0.5, 0.6) is 0 Å². The van der Waals surface area contributed by atoms with Gasteiger partial charge < -0.3 is 13.5 Å². The standard InChI is InChI=1S/C4H11Si.C3H4N.Zn/c1-5(2,3)4;1-2-3-4;/h1H2,2-4H3;1-2H2;/q2*-1;+2. The number of hydrogen-bond donors (Lipinski definition) is 0. The van der Waals surface area contributed by atoms with Gasteiger partial charge in [-0.3, -0.25) is 0 Å². The first kappa shape index (κ1) is 16.7. The molecule has 1 nitrogen and oxygen atoms in total. The minimum atomic E-state index is -0.861. The maximum absolute atomic E-state index is 7.56. The molecule has 54 valence electrons. The maximum Gasteiger partial charge on any atom is 2.00 e. The average molecular weight is 207 g/mol. The third-order valence-corrected chi connectivity index (χ3v) is 0.112. The molecule has 0 fully saturated rings. The molecule has 0 aromatic carbocycles. The van der Waals surface area contributed by atoms with E-state index < -0.39 is 8.07 Å². The molecule has 0 aromatic rings. The van der Waals surface area contributed by atoms with Crippen LogP contribution in [-0.2, 0) is 19.5 Å². The van der Waals surface area contributed by atoms with Crippen LogP contribution in [0.1, 0.15) is 6.42 Å². The third-order valence-electron chi connectivity index (χ3n) is 0.112. The zero-order valence-corrected chi connectivity index (χ0v) is 11.2. The van der Waals surface area contributed by atoms with Gasteiger partial charge in [0.1, 0.15) is 0 Å². The van der Waals surface area contributed by atoms with E-state index in [4.69, 9.17) is 5.26 Å². The molecular weight excluding hydrogens is 192 g/mol. The van der Waals surface area contributed by atoms with Crippen molar-refractivity contribution < 1.29 is 19.5 Å². The summed E-state index contributed by atoms with van der Waals surface area (Å²) in [4.78, 5) is 0. The van der Waals surface area contributed by atoms with Crippen molar-refractivity contribution in [3.8, 4) is 6.07 Å². The second-order valence-electron chi connectivity index (χ2n) is 2.97. The smallest absolute Gasteiger partial charge is 0.342 e. The first-order valence-electron chi connectivity index (χ1n) is 2.93. The van der Waals surface area contributed by atoms with Crippen molar-refractivity contribution in [2.75, 3.05) is 0 Å². The molecule has 0 saturated carbocycles. The van der Waals surface area contributed by atoms with Crippen LogP contribution in [0.25, 0.3) is 0 Å². The molecule has 0 saturated heterocycles. The first-order chi connectivity index (χ1) is 3.91. The summed E-state index contributed by atoms with van der Waals surface area (Å²) in [6.07, 6.45) is 0.375. The van der Waals surface area contributed by atoms with Crippen molar-refractivity contribution >= 4 is 8.07 Å². The minimum Gasteiger partial charge on any atom is -0.342 e.